The highest BCUT2D eigenvalue weighted by Gasteiger charge is 2.20. The number of fused-ring (bicyclic) bond motifs is 1. The third-order valence-electron chi connectivity index (χ3n) is 4.52. The second-order valence-electron chi connectivity index (χ2n) is 6.54. The van der Waals surface area contributed by atoms with E-state index in [-0.39, 0.29) is 11.9 Å². The van der Waals surface area contributed by atoms with E-state index in [1.54, 1.807) is 11.9 Å². The van der Waals surface area contributed by atoms with Crippen molar-refractivity contribution in [1.29, 1.82) is 0 Å². The van der Waals surface area contributed by atoms with Crippen LogP contribution < -0.4 is 0 Å². The van der Waals surface area contributed by atoms with Gasteiger partial charge >= 0.3 is 0 Å². The van der Waals surface area contributed by atoms with Gasteiger partial charge in [0.15, 0.2) is 0 Å². The summed E-state index contributed by atoms with van der Waals surface area (Å²) in [5, 5.41) is 1.08. The molecule has 1 atom stereocenters. The molecule has 0 spiro atoms. The summed E-state index contributed by atoms with van der Waals surface area (Å²) in [6, 6.07) is 13.8. The SMILES string of the molecule is Cc1ccc(CN(C)C(=O)CN(C)C(C)c2cc3ccccc3o2)o1. The Morgan fingerprint density at radius 2 is 1.88 bits per heavy atom. The molecule has 0 saturated heterocycles. The Morgan fingerprint density at radius 3 is 2.56 bits per heavy atom. The minimum Gasteiger partial charge on any atom is -0.464 e. The normalized spacial score (nSPS) is 12.7. The number of para-hydroxylation sites is 1. The minimum atomic E-state index is 0.00982. The number of benzene rings is 1. The van der Waals surface area contributed by atoms with E-state index in [2.05, 4.69) is 0 Å². The maximum Gasteiger partial charge on any atom is 0.236 e. The number of nitrogens with zero attached hydrogens (tertiary/aromatic N) is 2. The van der Waals surface area contributed by atoms with Crippen molar-refractivity contribution in [3.05, 3.63) is 59.7 Å². The predicted molar refractivity (Wildman–Crippen MR) is 97.2 cm³/mol. The minimum absolute atomic E-state index is 0.00982. The van der Waals surface area contributed by atoms with Gasteiger partial charge in [0.1, 0.15) is 22.9 Å². The van der Waals surface area contributed by atoms with E-state index in [9.17, 15) is 4.79 Å². The zero-order valence-electron chi connectivity index (χ0n) is 15.2. The van der Waals surface area contributed by atoms with Crippen LogP contribution in [0.5, 0.6) is 0 Å². The number of likely N-dealkylation sites (N-methyl/N-ethyl adjacent to an activating group) is 2. The average molecular weight is 340 g/mol. The van der Waals surface area contributed by atoms with Crippen molar-refractivity contribution >= 4 is 16.9 Å². The first-order valence-corrected chi connectivity index (χ1v) is 8.42. The zero-order chi connectivity index (χ0) is 18.0. The second kappa shape index (κ2) is 7.15. The summed E-state index contributed by atoms with van der Waals surface area (Å²) in [6.07, 6.45) is 0. The number of hydrogen-bond acceptors (Lipinski definition) is 4. The molecule has 3 rings (SSSR count). The summed E-state index contributed by atoms with van der Waals surface area (Å²) in [7, 11) is 3.72. The van der Waals surface area contributed by atoms with E-state index >= 15 is 0 Å². The number of furan rings is 2. The molecular weight excluding hydrogens is 316 g/mol. The van der Waals surface area contributed by atoms with Crippen molar-refractivity contribution in [3.63, 3.8) is 0 Å². The number of hydrogen-bond donors (Lipinski definition) is 0. The van der Waals surface area contributed by atoms with Gasteiger partial charge in [-0.3, -0.25) is 9.69 Å². The summed E-state index contributed by atoms with van der Waals surface area (Å²) in [6.45, 7) is 4.73. The maximum absolute atomic E-state index is 12.5. The molecule has 1 unspecified atom stereocenters. The van der Waals surface area contributed by atoms with E-state index in [4.69, 9.17) is 8.83 Å². The number of carbonyl (C=O) groups is 1. The van der Waals surface area contributed by atoms with Crippen LogP contribution in [0.25, 0.3) is 11.0 Å². The van der Waals surface area contributed by atoms with Crippen LogP contribution in [0, 0.1) is 6.92 Å². The van der Waals surface area contributed by atoms with Crippen molar-refractivity contribution in [3.8, 4) is 0 Å². The molecule has 0 saturated carbocycles. The predicted octanol–water partition coefficient (Wildman–Crippen LogP) is 3.99. The lowest BCUT2D eigenvalue weighted by Crippen LogP contribution is -2.37. The lowest BCUT2D eigenvalue weighted by molar-refractivity contribution is -0.132. The molecule has 1 aromatic carbocycles. The molecule has 0 aliphatic carbocycles. The number of rotatable bonds is 6. The van der Waals surface area contributed by atoms with Gasteiger partial charge in [-0.15, -0.1) is 0 Å². The largest absolute Gasteiger partial charge is 0.464 e. The summed E-state index contributed by atoms with van der Waals surface area (Å²) in [4.78, 5) is 16.2. The first kappa shape index (κ1) is 17.3. The molecule has 2 heterocycles. The number of aryl methyl sites for hydroxylation is 1. The van der Waals surface area contributed by atoms with Gasteiger partial charge in [0.2, 0.25) is 5.91 Å². The van der Waals surface area contributed by atoms with Crippen molar-refractivity contribution in [2.75, 3.05) is 20.6 Å². The highest BCUT2D eigenvalue weighted by atomic mass is 16.3. The molecule has 0 N–H and O–H groups in total. The summed E-state index contributed by atoms with van der Waals surface area (Å²) >= 11 is 0. The van der Waals surface area contributed by atoms with Crippen molar-refractivity contribution in [2.24, 2.45) is 0 Å². The standard InChI is InChI=1S/C20H24N2O3/c1-14-9-10-17(24-14)12-22(4)20(23)13-21(3)15(2)19-11-16-7-5-6-8-18(16)25-19/h5-11,15H,12-13H2,1-4H3. The Balaban J connectivity index is 1.61. The van der Waals surface area contributed by atoms with Crippen molar-refractivity contribution in [2.45, 2.75) is 26.4 Å². The molecule has 0 radical (unpaired) electrons. The molecule has 25 heavy (non-hydrogen) atoms. The van der Waals surface area contributed by atoms with E-state index in [0.717, 1.165) is 28.2 Å². The third kappa shape index (κ3) is 3.94. The van der Waals surface area contributed by atoms with Crippen molar-refractivity contribution < 1.29 is 13.6 Å². The molecule has 5 heteroatoms. The Kier molecular flexibility index (Phi) is 4.95. The molecule has 0 fully saturated rings. The van der Waals surface area contributed by atoms with Crippen LogP contribution in [-0.2, 0) is 11.3 Å². The molecule has 0 aliphatic rings. The summed E-state index contributed by atoms with van der Waals surface area (Å²) < 4.78 is 11.4. The zero-order valence-corrected chi connectivity index (χ0v) is 15.2. The van der Waals surface area contributed by atoms with Gasteiger partial charge in [-0.2, -0.15) is 0 Å². The summed E-state index contributed by atoms with van der Waals surface area (Å²) in [5.74, 6) is 2.55. The van der Waals surface area contributed by atoms with Gasteiger partial charge in [0.25, 0.3) is 0 Å². The van der Waals surface area contributed by atoms with Crippen LogP contribution in [0.3, 0.4) is 0 Å². The highest BCUT2D eigenvalue weighted by molar-refractivity contribution is 5.79. The number of amides is 1. The molecule has 0 bridgehead atoms. The maximum atomic E-state index is 12.5. The van der Waals surface area contributed by atoms with Crippen molar-refractivity contribution in [1.82, 2.24) is 9.80 Å². The molecule has 2 aromatic heterocycles. The first-order chi connectivity index (χ1) is 11.9. The summed E-state index contributed by atoms with van der Waals surface area (Å²) in [5.41, 5.74) is 0.870. The fourth-order valence-corrected chi connectivity index (χ4v) is 2.79. The van der Waals surface area contributed by atoms with Gasteiger partial charge < -0.3 is 13.7 Å². The fraction of sp³-hybridized carbons (Fsp3) is 0.350. The Hall–Kier alpha value is -2.53. The molecular formula is C20H24N2O3. The van der Waals surface area contributed by atoms with Crippen LogP contribution in [0.1, 0.15) is 30.2 Å². The van der Waals surface area contributed by atoms with E-state index < -0.39 is 0 Å². The smallest absolute Gasteiger partial charge is 0.236 e. The second-order valence-corrected chi connectivity index (χ2v) is 6.54. The van der Waals surface area contributed by atoms with E-state index in [0.29, 0.717) is 13.1 Å². The van der Waals surface area contributed by atoms with Gasteiger partial charge in [0, 0.05) is 12.4 Å². The van der Waals surface area contributed by atoms with E-state index in [1.807, 2.05) is 68.3 Å². The lowest BCUT2D eigenvalue weighted by Gasteiger charge is -2.25. The van der Waals surface area contributed by atoms with Crippen LogP contribution in [0.2, 0.25) is 0 Å². The Labute approximate surface area is 147 Å². The lowest BCUT2D eigenvalue weighted by atomic mass is 10.2. The molecule has 1 amide bonds. The van der Waals surface area contributed by atoms with E-state index in [1.165, 1.54) is 0 Å². The van der Waals surface area contributed by atoms with Crippen LogP contribution in [-0.4, -0.2) is 36.3 Å². The molecule has 0 aliphatic heterocycles. The molecule has 132 valence electrons. The highest BCUT2D eigenvalue weighted by Crippen LogP contribution is 2.26. The quantitative estimate of drug-likeness (QED) is 0.681. The van der Waals surface area contributed by atoms with Gasteiger partial charge in [-0.05, 0) is 45.2 Å². The third-order valence-corrected chi connectivity index (χ3v) is 4.52. The molecule has 5 nitrogen and oxygen atoms in total. The number of carbonyl (C=O) groups excluding carboxylic acids is 1. The van der Waals surface area contributed by atoms with Crippen LogP contribution in [0.4, 0.5) is 0 Å². The van der Waals surface area contributed by atoms with Crippen LogP contribution in [0.15, 0.2) is 51.3 Å². The fourth-order valence-electron chi connectivity index (χ4n) is 2.79. The van der Waals surface area contributed by atoms with Gasteiger partial charge in [0.05, 0.1) is 19.1 Å². The Morgan fingerprint density at radius 1 is 1.12 bits per heavy atom. The average Bonchev–Trinajstić information content (AvgIpc) is 3.19. The van der Waals surface area contributed by atoms with Gasteiger partial charge in [-0.1, -0.05) is 18.2 Å². The first-order valence-electron chi connectivity index (χ1n) is 8.42. The topological polar surface area (TPSA) is 49.8 Å². The van der Waals surface area contributed by atoms with Crippen LogP contribution >= 0.6 is 0 Å². The monoisotopic (exact) mass is 340 g/mol. The Bertz CT molecular complexity index is 832. The molecule has 3 aromatic rings. The van der Waals surface area contributed by atoms with Gasteiger partial charge in [-0.25, -0.2) is 0 Å².